The van der Waals surface area contributed by atoms with E-state index in [9.17, 15) is 4.79 Å². The van der Waals surface area contributed by atoms with Gasteiger partial charge in [-0.05, 0) is 67.4 Å². The normalized spacial score (nSPS) is 10.9. The van der Waals surface area contributed by atoms with E-state index in [1.165, 1.54) is 0 Å². The fraction of sp³-hybridized carbons (Fsp3) is 0.259. The molecule has 0 saturated carbocycles. The van der Waals surface area contributed by atoms with Crippen LogP contribution in [0.2, 0.25) is 5.02 Å². The number of amides is 1. The smallest absolute Gasteiger partial charge is 0.251 e. The molecule has 0 radical (unpaired) electrons. The second-order valence-corrected chi connectivity index (χ2v) is 8.43. The average molecular weight is 478 g/mol. The number of nitrogens with zero attached hydrogens (tertiary/aromatic N) is 2. The minimum absolute atomic E-state index is 0.131. The molecule has 176 valence electrons. The number of carbonyl (C=O) groups is 1. The van der Waals surface area contributed by atoms with Crippen molar-refractivity contribution in [3.8, 4) is 11.5 Å². The summed E-state index contributed by atoms with van der Waals surface area (Å²) in [5.74, 6) is 2.28. The largest absolute Gasteiger partial charge is 0.497 e. The van der Waals surface area contributed by atoms with E-state index in [1.807, 2.05) is 49.4 Å². The van der Waals surface area contributed by atoms with Crippen molar-refractivity contribution < 1.29 is 14.3 Å². The van der Waals surface area contributed by atoms with Crippen molar-refractivity contribution in [2.75, 3.05) is 20.3 Å². The second-order valence-electron chi connectivity index (χ2n) is 8.02. The standard InChI is InChI=1S/C27H28ClN3O3/c1-19-17-22(11-12-23(19)28)34-16-6-15-31-25-10-4-3-9-24(25)30-26(31)13-14-29-27(32)20-7-5-8-21(18-20)33-2/h3-5,7-12,17-18H,6,13-16H2,1-2H3,(H,29,32). The molecule has 0 aliphatic heterocycles. The molecule has 7 heteroatoms. The zero-order valence-corrected chi connectivity index (χ0v) is 20.1. The highest BCUT2D eigenvalue weighted by molar-refractivity contribution is 6.31. The second kappa shape index (κ2) is 11.1. The van der Waals surface area contributed by atoms with Crippen molar-refractivity contribution >= 4 is 28.5 Å². The van der Waals surface area contributed by atoms with E-state index < -0.39 is 0 Å². The van der Waals surface area contributed by atoms with E-state index in [0.29, 0.717) is 30.9 Å². The molecule has 1 aromatic heterocycles. The van der Waals surface area contributed by atoms with Crippen molar-refractivity contribution in [1.29, 1.82) is 0 Å². The summed E-state index contributed by atoms with van der Waals surface area (Å²) < 4.78 is 13.3. The number of aryl methyl sites for hydroxylation is 2. The van der Waals surface area contributed by atoms with Crippen LogP contribution in [0.25, 0.3) is 11.0 Å². The van der Waals surface area contributed by atoms with Crippen LogP contribution < -0.4 is 14.8 Å². The van der Waals surface area contributed by atoms with Crippen LogP contribution in [0.4, 0.5) is 0 Å². The molecule has 0 aliphatic rings. The van der Waals surface area contributed by atoms with E-state index in [0.717, 1.165) is 46.2 Å². The molecule has 0 aliphatic carbocycles. The number of carbonyl (C=O) groups excluding carboxylic acids is 1. The third kappa shape index (κ3) is 5.69. The lowest BCUT2D eigenvalue weighted by atomic mass is 10.2. The average Bonchev–Trinajstić information content (AvgIpc) is 3.21. The summed E-state index contributed by atoms with van der Waals surface area (Å²) >= 11 is 6.09. The van der Waals surface area contributed by atoms with Gasteiger partial charge in [-0.1, -0.05) is 29.8 Å². The summed E-state index contributed by atoms with van der Waals surface area (Å²) in [7, 11) is 1.59. The van der Waals surface area contributed by atoms with E-state index in [4.69, 9.17) is 26.1 Å². The monoisotopic (exact) mass is 477 g/mol. The van der Waals surface area contributed by atoms with Gasteiger partial charge >= 0.3 is 0 Å². The van der Waals surface area contributed by atoms with Crippen LogP contribution >= 0.6 is 11.6 Å². The molecule has 4 rings (SSSR count). The molecule has 3 aromatic carbocycles. The molecular formula is C27H28ClN3O3. The Labute approximate surface area is 204 Å². The first kappa shape index (κ1) is 23.6. The van der Waals surface area contributed by atoms with E-state index in [2.05, 4.69) is 16.0 Å². The van der Waals surface area contributed by atoms with Gasteiger partial charge in [0.25, 0.3) is 5.91 Å². The zero-order chi connectivity index (χ0) is 23.9. The van der Waals surface area contributed by atoms with Gasteiger partial charge in [0, 0.05) is 30.1 Å². The number of methoxy groups -OCH3 is 1. The van der Waals surface area contributed by atoms with Crippen LogP contribution in [0.1, 0.15) is 28.2 Å². The van der Waals surface area contributed by atoms with Gasteiger partial charge in [0.2, 0.25) is 0 Å². The highest BCUT2D eigenvalue weighted by atomic mass is 35.5. The Morgan fingerprint density at radius 1 is 1.06 bits per heavy atom. The van der Waals surface area contributed by atoms with Crippen molar-refractivity contribution in [2.24, 2.45) is 0 Å². The summed E-state index contributed by atoms with van der Waals surface area (Å²) in [6, 6.07) is 20.9. The Hall–Kier alpha value is -3.51. The molecule has 34 heavy (non-hydrogen) atoms. The Balaban J connectivity index is 1.37. The Kier molecular flexibility index (Phi) is 7.70. The molecule has 0 spiro atoms. The van der Waals surface area contributed by atoms with Gasteiger partial charge in [-0.3, -0.25) is 4.79 Å². The number of hydrogen-bond donors (Lipinski definition) is 1. The SMILES string of the molecule is COc1cccc(C(=O)NCCc2nc3ccccc3n2CCCOc2ccc(Cl)c(C)c2)c1. The molecule has 6 nitrogen and oxygen atoms in total. The molecule has 0 bridgehead atoms. The Morgan fingerprint density at radius 2 is 1.91 bits per heavy atom. The number of ether oxygens (including phenoxy) is 2. The van der Waals surface area contributed by atoms with Gasteiger partial charge in [0.1, 0.15) is 17.3 Å². The maximum Gasteiger partial charge on any atom is 0.251 e. The molecule has 0 atom stereocenters. The molecule has 0 saturated heterocycles. The highest BCUT2D eigenvalue weighted by Gasteiger charge is 2.12. The maximum atomic E-state index is 12.5. The van der Waals surface area contributed by atoms with Gasteiger partial charge in [-0.15, -0.1) is 0 Å². The van der Waals surface area contributed by atoms with Crippen LogP contribution in [-0.4, -0.2) is 35.7 Å². The Morgan fingerprint density at radius 3 is 2.74 bits per heavy atom. The van der Waals surface area contributed by atoms with E-state index in [-0.39, 0.29) is 5.91 Å². The number of halogens is 1. The number of rotatable bonds is 10. The van der Waals surface area contributed by atoms with Crippen LogP contribution in [0, 0.1) is 6.92 Å². The Bertz CT molecular complexity index is 1290. The summed E-state index contributed by atoms with van der Waals surface area (Å²) in [6.07, 6.45) is 1.45. The van der Waals surface area contributed by atoms with Crippen molar-refractivity contribution in [3.63, 3.8) is 0 Å². The summed E-state index contributed by atoms with van der Waals surface area (Å²) in [6.45, 7) is 3.80. The maximum absolute atomic E-state index is 12.5. The quantitative estimate of drug-likeness (QED) is 0.308. The van der Waals surface area contributed by atoms with Gasteiger partial charge in [0.05, 0.1) is 24.8 Å². The molecule has 0 unspecified atom stereocenters. The minimum Gasteiger partial charge on any atom is -0.497 e. The molecule has 1 amide bonds. The molecule has 1 heterocycles. The van der Waals surface area contributed by atoms with Gasteiger partial charge in [-0.2, -0.15) is 0 Å². The zero-order valence-electron chi connectivity index (χ0n) is 19.4. The molecule has 1 N–H and O–H groups in total. The summed E-state index contributed by atoms with van der Waals surface area (Å²) in [5, 5.41) is 3.72. The van der Waals surface area contributed by atoms with Crippen LogP contribution in [0.3, 0.4) is 0 Å². The number of hydrogen-bond acceptors (Lipinski definition) is 4. The topological polar surface area (TPSA) is 65.4 Å². The van der Waals surface area contributed by atoms with Crippen LogP contribution in [0.15, 0.2) is 66.7 Å². The molecule has 4 aromatic rings. The number of benzene rings is 3. The molecular weight excluding hydrogens is 450 g/mol. The molecule has 0 fully saturated rings. The third-order valence-corrected chi connectivity index (χ3v) is 6.05. The summed E-state index contributed by atoms with van der Waals surface area (Å²) in [5.41, 5.74) is 3.60. The number of para-hydroxylation sites is 2. The number of nitrogens with one attached hydrogen (secondary N) is 1. The lowest BCUT2D eigenvalue weighted by molar-refractivity contribution is 0.0953. The van der Waals surface area contributed by atoms with Crippen molar-refractivity contribution in [3.05, 3.63) is 88.7 Å². The predicted octanol–water partition coefficient (Wildman–Crippen LogP) is 5.45. The minimum atomic E-state index is -0.131. The number of aromatic nitrogens is 2. The van der Waals surface area contributed by atoms with E-state index in [1.54, 1.807) is 25.3 Å². The fourth-order valence-electron chi connectivity index (χ4n) is 3.84. The first-order valence-electron chi connectivity index (χ1n) is 11.3. The first-order chi connectivity index (χ1) is 16.5. The van der Waals surface area contributed by atoms with Crippen molar-refractivity contribution in [1.82, 2.24) is 14.9 Å². The summed E-state index contributed by atoms with van der Waals surface area (Å²) in [4.78, 5) is 17.3. The predicted molar refractivity (Wildman–Crippen MR) is 135 cm³/mol. The lowest BCUT2D eigenvalue weighted by Crippen LogP contribution is -2.26. The number of imidazole rings is 1. The van der Waals surface area contributed by atoms with Crippen molar-refractivity contribution in [2.45, 2.75) is 26.3 Å². The van der Waals surface area contributed by atoms with Crippen LogP contribution in [-0.2, 0) is 13.0 Å². The highest BCUT2D eigenvalue weighted by Crippen LogP contribution is 2.22. The lowest BCUT2D eigenvalue weighted by Gasteiger charge is -2.12. The fourth-order valence-corrected chi connectivity index (χ4v) is 3.96. The van der Waals surface area contributed by atoms with Gasteiger partial charge in [-0.25, -0.2) is 4.98 Å². The third-order valence-electron chi connectivity index (χ3n) is 5.62. The van der Waals surface area contributed by atoms with Gasteiger partial charge < -0.3 is 19.4 Å². The number of fused-ring (bicyclic) bond motifs is 1. The first-order valence-corrected chi connectivity index (χ1v) is 11.7. The van der Waals surface area contributed by atoms with E-state index >= 15 is 0 Å². The van der Waals surface area contributed by atoms with Crippen LogP contribution in [0.5, 0.6) is 11.5 Å². The van der Waals surface area contributed by atoms with Gasteiger partial charge in [0.15, 0.2) is 0 Å².